The van der Waals surface area contributed by atoms with Gasteiger partial charge >= 0.3 is 6.03 Å². The standard InChI is InChI=1S/C28H23BrFN3O7/c1-3-39-23-14-16(13-22(29)25(23)40-15-24(34)31-18-6-4-17(30)5-7-18)12-21-26(35)32-28(37)33(27(21)36)19-8-10-20(38-2)11-9-19/h4-14H,3,15H2,1-2H3,(H,31,34)(H,32,35,37)/b21-12+. The highest BCUT2D eigenvalue weighted by Crippen LogP contribution is 2.38. The molecule has 0 aromatic heterocycles. The molecule has 3 aromatic carbocycles. The van der Waals surface area contributed by atoms with Crippen molar-refractivity contribution < 1.29 is 37.8 Å². The first kappa shape index (κ1) is 28.3. The fourth-order valence-corrected chi connectivity index (χ4v) is 4.31. The molecule has 206 valence electrons. The van der Waals surface area contributed by atoms with Crippen LogP contribution in [0.15, 0.2) is 70.7 Å². The number of nitrogens with zero attached hydrogens (tertiary/aromatic N) is 1. The van der Waals surface area contributed by atoms with E-state index in [1.807, 2.05) is 0 Å². The Kier molecular flexibility index (Phi) is 8.80. The molecule has 2 N–H and O–H groups in total. The van der Waals surface area contributed by atoms with Gasteiger partial charge in [0, 0.05) is 5.69 Å². The van der Waals surface area contributed by atoms with Gasteiger partial charge in [-0.1, -0.05) is 0 Å². The molecule has 5 amide bonds. The van der Waals surface area contributed by atoms with Crippen molar-refractivity contribution >= 4 is 57.1 Å². The Balaban J connectivity index is 1.57. The molecule has 12 heteroatoms. The summed E-state index contributed by atoms with van der Waals surface area (Å²) in [5.41, 5.74) is 0.761. The van der Waals surface area contributed by atoms with E-state index in [1.165, 1.54) is 55.7 Å². The summed E-state index contributed by atoms with van der Waals surface area (Å²) in [5.74, 6) is -1.60. The maximum Gasteiger partial charge on any atom is 0.335 e. The van der Waals surface area contributed by atoms with Crippen LogP contribution in [0.1, 0.15) is 12.5 Å². The predicted molar refractivity (Wildman–Crippen MR) is 148 cm³/mol. The van der Waals surface area contributed by atoms with Crippen molar-refractivity contribution in [3.8, 4) is 17.2 Å². The van der Waals surface area contributed by atoms with Crippen LogP contribution in [-0.4, -0.2) is 44.1 Å². The fourth-order valence-electron chi connectivity index (χ4n) is 3.73. The first-order valence-corrected chi connectivity index (χ1v) is 12.7. The first-order valence-electron chi connectivity index (χ1n) is 11.9. The molecule has 0 radical (unpaired) electrons. The zero-order valence-electron chi connectivity index (χ0n) is 21.3. The molecule has 1 heterocycles. The molecule has 0 atom stereocenters. The number of barbiturate groups is 1. The smallest absolute Gasteiger partial charge is 0.335 e. The van der Waals surface area contributed by atoms with E-state index in [0.717, 1.165) is 4.90 Å². The molecule has 0 spiro atoms. The van der Waals surface area contributed by atoms with Gasteiger partial charge in [-0.15, -0.1) is 0 Å². The van der Waals surface area contributed by atoms with Gasteiger partial charge in [-0.2, -0.15) is 0 Å². The molecule has 1 aliphatic heterocycles. The minimum absolute atomic E-state index is 0.215. The number of amides is 5. The van der Waals surface area contributed by atoms with Crippen molar-refractivity contribution in [1.29, 1.82) is 0 Å². The highest BCUT2D eigenvalue weighted by atomic mass is 79.9. The second-order valence-corrected chi connectivity index (χ2v) is 9.12. The number of carbonyl (C=O) groups is 4. The van der Waals surface area contributed by atoms with Crippen LogP contribution in [-0.2, 0) is 14.4 Å². The number of halogens is 2. The zero-order valence-corrected chi connectivity index (χ0v) is 22.9. The van der Waals surface area contributed by atoms with Crippen LogP contribution >= 0.6 is 15.9 Å². The maximum atomic E-state index is 13.2. The molecule has 1 aliphatic rings. The molecule has 4 rings (SSSR count). The molecule has 1 saturated heterocycles. The minimum atomic E-state index is -0.879. The molecule has 40 heavy (non-hydrogen) atoms. The Bertz CT molecular complexity index is 1490. The van der Waals surface area contributed by atoms with Gasteiger partial charge in [0.1, 0.15) is 17.1 Å². The summed E-state index contributed by atoms with van der Waals surface area (Å²) < 4.78 is 29.9. The minimum Gasteiger partial charge on any atom is -0.497 e. The van der Waals surface area contributed by atoms with Gasteiger partial charge in [-0.3, -0.25) is 19.7 Å². The number of ether oxygens (including phenoxy) is 3. The second-order valence-electron chi connectivity index (χ2n) is 8.26. The lowest BCUT2D eigenvalue weighted by molar-refractivity contribution is -0.122. The van der Waals surface area contributed by atoms with Crippen molar-refractivity contribution in [2.45, 2.75) is 6.92 Å². The van der Waals surface area contributed by atoms with Crippen LogP contribution in [0, 0.1) is 5.82 Å². The van der Waals surface area contributed by atoms with E-state index in [9.17, 15) is 23.6 Å². The lowest BCUT2D eigenvalue weighted by atomic mass is 10.1. The third-order valence-electron chi connectivity index (χ3n) is 5.55. The highest BCUT2D eigenvalue weighted by molar-refractivity contribution is 9.10. The van der Waals surface area contributed by atoms with Crippen molar-refractivity contribution in [2.75, 3.05) is 30.5 Å². The Morgan fingerprint density at radius 3 is 2.40 bits per heavy atom. The molecule has 3 aromatic rings. The quantitative estimate of drug-likeness (QED) is 0.266. The van der Waals surface area contributed by atoms with Gasteiger partial charge in [-0.05, 0) is 95.2 Å². The van der Waals surface area contributed by atoms with Gasteiger partial charge in [0.25, 0.3) is 17.7 Å². The van der Waals surface area contributed by atoms with Crippen LogP contribution in [0.5, 0.6) is 17.2 Å². The third-order valence-corrected chi connectivity index (χ3v) is 6.14. The third kappa shape index (κ3) is 6.46. The number of hydrogen-bond donors (Lipinski definition) is 2. The average molecular weight is 612 g/mol. The molecule has 0 aliphatic carbocycles. The number of nitrogens with one attached hydrogen (secondary N) is 2. The van der Waals surface area contributed by atoms with Crippen molar-refractivity contribution in [1.82, 2.24) is 5.32 Å². The van der Waals surface area contributed by atoms with Crippen molar-refractivity contribution in [3.05, 3.63) is 82.1 Å². The molecule has 1 fully saturated rings. The molecular weight excluding hydrogens is 589 g/mol. The van der Waals surface area contributed by atoms with Crippen LogP contribution < -0.4 is 29.7 Å². The summed E-state index contributed by atoms with van der Waals surface area (Å²) in [4.78, 5) is 51.5. The second kappa shape index (κ2) is 12.4. The van der Waals surface area contributed by atoms with Crippen LogP contribution in [0.3, 0.4) is 0 Å². The highest BCUT2D eigenvalue weighted by Gasteiger charge is 2.37. The summed E-state index contributed by atoms with van der Waals surface area (Å²) in [5, 5.41) is 4.77. The Morgan fingerprint density at radius 1 is 1.05 bits per heavy atom. The first-order chi connectivity index (χ1) is 19.2. The fraction of sp³-hybridized carbons (Fsp3) is 0.143. The normalized spacial score (nSPS) is 14.2. The van der Waals surface area contributed by atoms with Gasteiger partial charge < -0.3 is 19.5 Å². The Hall–Kier alpha value is -4.71. The van der Waals surface area contributed by atoms with Crippen LogP contribution in [0.2, 0.25) is 0 Å². The van der Waals surface area contributed by atoms with Gasteiger partial charge in [0.2, 0.25) is 0 Å². The monoisotopic (exact) mass is 611 g/mol. The topological polar surface area (TPSA) is 123 Å². The maximum absolute atomic E-state index is 13.2. The average Bonchev–Trinajstić information content (AvgIpc) is 2.92. The Labute approximate surface area is 236 Å². The zero-order chi connectivity index (χ0) is 28.8. The van der Waals surface area contributed by atoms with Gasteiger partial charge in [0.15, 0.2) is 18.1 Å². The van der Waals surface area contributed by atoms with Crippen molar-refractivity contribution in [2.24, 2.45) is 0 Å². The summed E-state index contributed by atoms with van der Waals surface area (Å²) in [6.45, 7) is 1.63. The number of benzene rings is 3. The van der Waals surface area contributed by atoms with E-state index in [-0.39, 0.29) is 36.0 Å². The number of methoxy groups -OCH3 is 1. The number of anilines is 2. The van der Waals surface area contributed by atoms with E-state index in [4.69, 9.17) is 14.2 Å². The molecular formula is C28H23BrFN3O7. The summed E-state index contributed by atoms with van der Waals surface area (Å²) in [6, 6.07) is 13.7. The number of hydrogen-bond acceptors (Lipinski definition) is 7. The molecule has 0 bridgehead atoms. The predicted octanol–water partition coefficient (Wildman–Crippen LogP) is 4.68. The Morgan fingerprint density at radius 2 is 1.75 bits per heavy atom. The number of urea groups is 1. The van der Waals surface area contributed by atoms with E-state index in [1.54, 1.807) is 25.1 Å². The van der Waals surface area contributed by atoms with E-state index >= 15 is 0 Å². The van der Waals surface area contributed by atoms with Crippen LogP contribution in [0.4, 0.5) is 20.6 Å². The number of imide groups is 2. The SMILES string of the molecule is CCOc1cc(/C=C2\C(=O)NC(=O)N(c3ccc(OC)cc3)C2=O)cc(Br)c1OCC(=O)Nc1ccc(F)cc1. The van der Waals surface area contributed by atoms with E-state index < -0.39 is 29.6 Å². The van der Waals surface area contributed by atoms with Crippen molar-refractivity contribution in [3.63, 3.8) is 0 Å². The molecule has 0 unspecified atom stereocenters. The van der Waals surface area contributed by atoms with E-state index in [0.29, 0.717) is 21.5 Å². The van der Waals surface area contributed by atoms with Gasteiger partial charge in [-0.25, -0.2) is 14.1 Å². The summed E-state index contributed by atoms with van der Waals surface area (Å²) >= 11 is 3.39. The molecule has 0 saturated carbocycles. The lowest BCUT2D eigenvalue weighted by Crippen LogP contribution is -2.54. The van der Waals surface area contributed by atoms with E-state index in [2.05, 4.69) is 26.6 Å². The van der Waals surface area contributed by atoms with Gasteiger partial charge in [0.05, 0.1) is 23.9 Å². The molecule has 10 nitrogen and oxygen atoms in total. The summed E-state index contributed by atoms with van der Waals surface area (Å²) in [6.07, 6.45) is 1.32. The summed E-state index contributed by atoms with van der Waals surface area (Å²) in [7, 11) is 1.49. The van der Waals surface area contributed by atoms with Crippen LogP contribution in [0.25, 0.3) is 6.08 Å². The number of carbonyl (C=O) groups excluding carboxylic acids is 4. The number of rotatable bonds is 9. The lowest BCUT2D eigenvalue weighted by Gasteiger charge is -2.26. The largest absolute Gasteiger partial charge is 0.497 e.